The van der Waals surface area contributed by atoms with Crippen LogP contribution in [0.2, 0.25) is 0 Å². The SMILES string of the molecule is CC(C)n1ncc2cnc(Nc3ncc(-c4nc(C(C)(C)C)no4)c(NC(CO)c4ccccc4)n3)cc21. The molecule has 0 amide bonds. The van der Waals surface area contributed by atoms with Gasteiger partial charge in [0.1, 0.15) is 17.2 Å². The van der Waals surface area contributed by atoms with Crippen molar-refractivity contribution in [2.24, 2.45) is 0 Å². The molecule has 11 heteroatoms. The first-order chi connectivity index (χ1) is 18.2. The Kier molecular flexibility index (Phi) is 6.77. The maximum Gasteiger partial charge on any atom is 0.263 e. The van der Waals surface area contributed by atoms with E-state index < -0.39 is 6.04 Å². The van der Waals surface area contributed by atoms with Gasteiger partial charge in [-0.05, 0) is 19.4 Å². The normalized spacial score (nSPS) is 12.7. The van der Waals surface area contributed by atoms with Crippen LogP contribution in [0.25, 0.3) is 22.4 Å². The number of nitrogens with zero attached hydrogens (tertiary/aromatic N) is 7. The van der Waals surface area contributed by atoms with Crippen LogP contribution in [-0.4, -0.2) is 46.6 Å². The van der Waals surface area contributed by atoms with Gasteiger partial charge in [0.05, 0.1) is 24.4 Å². The van der Waals surface area contributed by atoms with E-state index in [2.05, 4.69) is 49.7 Å². The van der Waals surface area contributed by atoms with Crippen molar-refractivity contribution in [1.29, 1.82) is 0 Å². The molecule has 1 atom stereocenters. The minimum atomic E-state index is -0.419. The van der Waals surface area contributed by atoms with Crippen molar-refractivity contribution in [3.63, 3.8) is 0 Å². The van der Waals surface area contributed by atoms with Crippen molar-refractivity contribution in [1.82, 2.24) is 34.9 Å². The Hall–Kier alpha value is -4.38. The standard InChI is InChI=1S/C27H31N9O2/c1-16(2)36-21-11-22(28-12-18(21)13-30-36)32-26-29-14-19(24-34-25(35-38-24)27(3,4)5)23(33-26)31-20(15-37)17-9-7-6-8-10-17/h6-14,16,20,37H,15H2,1-5H3,(H2,28,29,31,32,33). The maximum absolute atomic E-state index is 10.2. The van der Waals surface area contributed by atoms with E-state index in [0.717, 1.165) is 16.5 Å². The van der Waals surface area contributed by atoms with Gasteiger partial charge in [0.2, 0.25) is 5.95 Å². The van der Waals surface area contributed by atoms with Crippen LogP contribution in [0.4, 0.5) is 17.6 Å². The first-order valence-electron chi connectivity index (χ1n) is 12.5. The molecule has 0 saturated carbocycles. The maximum atomic E-state index is 10.2. The quantitative estimate of drug-likeness (QED) is 0.258. The predicted octanol–water partition coefficient (Wildman–Crippen LogP) is 5.04. The molecule has 0 spiro atoms. The average Bonchev–Trinajstić information content (AvgIpc) is 3.56. The summed E-state index contributed by atoms with van der Waals surface area (Å²) in [6, 6.07) is 11.4. The Balaban J connectivity index is 1.52. The number of pyridine rings is 1. The van der Waals surface area contributed by atoms with Gasteiger partial charge in [-0.3, -0.25) is 4.68 Å². The van der Waals surface area contributed by atoms with E-state index in [4.69, 9.17) is 9.51 Å². The minimum absolute atomic E-state index is 0.148. The second kappa shape index (κ2) is 10.2. The summed E-state index contributed by atoms with van der Waals surface area (Å²) < 4.78 is 7.52. The molecule has 0 bridgehead atoms. The van der Waals surface area contributed by atoms with E-state index in [1.54, 1.807) is 18.6 Å². The lowest BCUT2D eigenvalue weighted by atomic mass is 9.96. The Labute approximate surface area is 220 Å². The van der Waals surface area contributed by atoms with Crippen LogP contribution in [0.3, 0.4) is 0 Å². The number of rotatable bonds is 8. The Morgan fingerprint density at radius 3 is 2.50 bits per heavy atom. The van der Waals surface area contributed by atoms with E-state index >= 15 is 0 Å². The molecule has 4 heterocycles. The highest BCUT2D eigenvalue weighted by Crippen LogP contribution is 2.31. The number of hydrogen-bond acceptors (Lipinski definition) is 10. The van der Waals surface area contributed by atoms with E-state index in [1.165, 1.54) is 0 Å². The molecule has 1 unspecified atom stereocenters. The van der Waals surface area contributed by atoms with Gasteiger partial charge in [-0.15, -0.1) is 0 Å². The molecule has 0 aliphatic carbocycles. The first kappa shape index (κ1) is 25.3. The van der Waals surface area contributed by atoms with Crippen molar-refractivity contribution in [2.45, 2.75) is 52.1 Å². The van der Waals surface area contributed by atoms with Crippen LogP contribution >= 0.6 is 0 Å². The molecule has 0 aliphatic rings. The second-order valence-electron chi connectivity index (χ2n) is 10.4. The highest BCUT2D eigenvalue weighted by Gasteiger charge is 2.24. The summed E-state index contributed by atoms with van der Waals surface area (Å²) >= 11 is 0. The molecule has 1 aromatic carbocycles. The van der Waals surface area contributed by atoms with Gasteiger partial charge in [-0.25, -0.2) is 9.97 Å². The van der Waals surface area contributed by atoms with Crippen molar-refractivity contribution in [3.8, 4) is 11.5 Å². The van der Waals surface area contributed by atoms with Crippen LogP contribution in [0.1, 0.15) is 58.1 Å². The van der Waals surface area contributed by atoms with Crippen LogP contribution in [0, 0.1) is 0 Å². The van der Waals surface area contributed by atoms with E-state index in [9.17, 15) is 5.11 Å². The Morgan fingerprint density at radius 2 is 1.82 bits per heavy atom. The molecule has 5 aromatic rings. The fourth-order valence-corrected chi connectivity index (χ4v) is 3.97. The molecule has 0 saturated heterocycles. The van der Waals surface area contributed by atoms with E-state index in [0.29, 0.717) is 29.0 Å². The monoisotopic (exact) mass is 513 g/mol. The molecule has 38 heavy (non-hydrogen) atoms. The zero-order chi connectivity index (χ0) is 26.9. The highest BCUT2D eigenvalue weighted by atomic mass is 16.5. The number of aliphatic hydroxyl groups is 1. The molecule has 0 fully saturated rings. The fourth-order valence-electron chi connectivity index (χ4n) is 3.97. The van der Waals surface area contributed by atoms with Crippen molar-refractivity contribution < 1.29 is 9.63 Å². The number of anilines is 3. The van der Waals surface area contributed by atoms with E-state index in [1.807, 2.05) is 61.9 Å². The summed E-state index contributed by atoms with van der Waals surface area (Å²) in [5, 5.41) is 26.2. The molecule has 196 valence electrons. The molecule has 3 N–H and O–H groups in total. The van der Waals surface area contributed by atoms with Crippen LogP contribution in [-0.2, 0) is 5.41 Å². The van der Waals surface area contributed by atoms with Crippen molar-refractivity contribution in [2.75, 3.05) is 17.2 Å². The van der Waals surface area contributed by atoms with Gasteiger partial charge in [0.15, 0.2) is 5.82 Å². The lowest BCUT2D eigenvalue weighted by molar-refractivity contribution is 0.276. The Morgan fingerprint density at radius 1 is 1.03 bits per heavy atom. The molecular weight excluding hydrogens is 482 g/mol. The average molecular weight is 514 g/mol. The van der Waals surface area contributed by atoms with Gasteiger partial charge >= 0.3 is 0 Å². The molecule has 5 rings (SSSR count). The number of nitrogens with one attached hydrogen (secondary N) is 2. The van der Waals surface area contributed by atoms with Crippen LogP contribution in [0.5, 0.6) is 0 Å². The zero-order valence-electron chi connectivity index (χ0n) is 22.0. The van der Waals surface area contributed by atoms with Gasteiger partial charge in [-0.2, -0.15) is 15.1 Å². The number of aliphatic hydroxyl groups excluding tert-OH is 1. The summed E-state index contributed by atoms with van der Waals surface area (Å²) in [6.07, 6.45) is 5.18. The lowest BCUT2D eigenvalue weighted by Gasteiger charge is -2.19. The fraction of sp³-hybridized carbons (Fsp3) is 0.333. The van der Waals surface area contributed by atoms with Crippen molar-refractivity contribution >= 4 is 28.5 Å². The molecular formula is C27H31N9O2. The van der Waals surface area contributed by atoms with Crippen LogP contribution < -0.4 is 10.6 Å². The van der Waals surface area contributed by atoms with Crippen molar-refractivity contribution in [3.05, 3.63) is 66.4 Å². The summed E-state index contributed by atoms with van der Waals surface area (Å²) in [5.74, 6) is 2.19. The molecule has 0 radical (unpaired) electrons. The zero-order valence-corrected chi connectivity index (χ0v) is 22.0. The largest absolute Gasteiger partial charge is 0.394 e. The summed E-state index contributed by atoms with van der Waals surface area (Å²) in [7, 11) is 0. The van der Waals surface area contributed by atoms with Crippen LogP contribution in [0.15, 0.2) is 59.5 Å². The Bertz CT molecular complexity index is 1540. The third kappa shape index (κ3) is 5.18. The third-order valence-electron chi connectivity index (χ3n) is 6.02. The van der Waals surface area contributed by atoms with Gasteiger partial charge in [0.25, 0.3) is 5.89 Å². The first-order valence-corrected chi connectivity index (χ1v) is 12.5. The highest BCUT2D eigenvalue weighted by molar-refractivity contribution is 5.81. The predicted molar refractivity (Wildman–Crippen MR) is 145 cm³/mol. The topological polar surface area (TPSA) is 140 Å². The number of aromatic nitrogens is 7. The summed E-state index contributed by atoms with van der Waals surface area (Å²) in [4.78, 5) is 18.3. The van der Waals surface area contributed by atoms with Gasteiger partial charge in [-0.1, -0.05) is 56.3 Å². The molecule has 4 aromatic heterocycles. The summed E-state index contributed by atoms with van der Waals surface area (Å²) in [5.41, 5.74) is 2.10. The molecule has 0 aliphatic heterocycles. The molecule has 11 nitrogen and oxygen atoms in total. The van der Waals surface area contributed by atoms with Gasteiger partial charge < -0.3 is 20.3 Å². The van der Waals surface area contributed by atoms with E-state index in [-0.39, 0.29) is 24.0 Å². The third-order valence-corrected chi connectivity index (χ3v) is 6.02. The minimum Gasteiger partial charge on any atom is -0.394 e. The second-order valence-corrected chi connectivity index (χ2v) is 10.4. The lowest BCUT2D eigenvalue weighted by Crippen LogP contribution is -2.17. The number of hydrogen-bond donors (Lipinski definition) is 3. The smallest absolute Gasteiger partial charge is 0.263 e. The summed E-state index contributed by atoms with van der Waals surface area (Å²) in [6.45, 7) is 10.0. The number of benzene rings is 1. The van der Waals surface area contributed by atoms with Gasteiger partial charge in [0, 0.05) is 35.3 Å². The number of fused-ring (bicyclic) bond motifs is 1.